The summed E-state index contributed by atoms with van der Waals surface area (Å²) in [5, 5.41) is 14.8. The Hall–Kier alpha value is -1.54. The van der Waals surface area contributed by atoms with Crippen molar-refractivity contribution >= 4 is 57.1 Å². The van der Waals surface area contributed by atoms with Crippen molar-refractivity contribution in [1.29, 1.82) is 0 Å². The van der Waals surface area contributed by atoms with E-state index < -0.39 is 0 Å². The van der Waals surface area contributed by atoms with Crippen LogP contribution in [0.5, 0.6) is 5.75 Å². The summed E-state index contributed by atoms with van der Waals surface area (Å²) in [5.41, 5.74) is 1.83. The molecule has 0 aliphatic heterocycles. The Morgan fingerprint density at radius 2 is 2.04 bits per heavy atom. The summed E-state index contributed by atoms with van der Waals surface area (Å²) in [6.45, 7) is 4.38. The van der Waals surface area contributed by atoms with Crippen molar-refractivity contribution in [2.24, 2.45) is 5.10 Å². The predicted molar refractivity (Wildman–Crippen MR) is 119 cm³/mol. The van der Waals surface area contributed by atoms with E-state index in [0.29, 0.717) is 33.4 Å². The molecule has 28 heavy (non-hydrogen) atoms. The number of benzene rings is 2. The van der Waals surface area contributed by atoms with Gasteiger partial charge in [-0.25, -0.2) is 0 Å². The molecule has 3 rings (SSSR count). The van der Waals surface area contributed by atoms with Crippen LogP contribution in [0.15, 0.2) is 51.1 Å². The topological polar surface area (TPSA) is 52.3 Å². The predicted octanol–water partition coefficient (Wildman–Crippen LogP) is 6.23. The van der Waals surface area contributed by atoms with Crippen LogP contribution in [0.1, 0.15) is 23.9 Å². The molecule has 1 aromatic heterocycles. The first-order valence-corrected chi connectivity index (χ1v) is 11.0. The molecule has 5 nitrogen and oxygen atoms in total. The number of halogens is 3. The number of rotatable bonds is 7. The average Bonchev–Trinajstić information content (AvgIpc) is 3.01. The summed E-state index contributed by atoms with van der Waals surface area (Å²) in [6, 6.07) is 11.3. The smallest absolute Gasteiger partial charge is 0.212 e. The largest absolute Gasteiger partial charge is 0.493 e. The molecule has 0 spiro atoms. The van der Waals surface area contributed by atoms with Crippen LogP contribution in [-0.2, 0) is 5.75 Å². The number of thioether (sulfide) groups is 1. The molecule has 3 aromatic rings. The minimum absolute atomic E-state index is 0.580. The number of nitrogens with zero attached hydrogens (tertiary/aromatic N) is 4. The van der Waals surface area contributed by atoms with Crippen molar-refractivity contribution in [3.63, 3.8) is 0 Å². The van der Waals surface area contributed by atoms with Crippen LogP contribution in [0.25, 0.3) is 0 Å². The van der Waals surface area contributed by atoms with E-state index in [0.717, 1.165) is 21.3 Å². The minimum Gasteiger partial charge on any atom is -0.493 e. The van der Waals surface area contributed by atoms with E-state index in [-0.39, 0.29) is 0 Å². The molecule has 0 N–H and O–H groups in total. The SMILES string of the molecule is CCOc1ccc(Br)cc1/C=N/n1c(C)nnc1SCc1ccc(Cl)cc1Cl. The number of hydrogen-bond acceptors (Lipinski definition) is 5. The third-order valence-electron chi connectivity index (χ3n) is 3.72. The highest BCUT2D eigenvalue weighted by molar-refractivity contribution is 9.10. The molecule has 9 heteroatoms. The molecule has 0 atom stereocenters. The molecule has 0 amide bonds. The van der Waals surface area contributed by atoms with Crippen LogP contribution in [0.3, 0.4) is 0 Å². The number of hydrogen-bond donors (Lipinski definition) is 0. The van der Waals surface area contributed by atoms with Gasteiger partial charge >= 0.3 is 0 Å². The van der Waals surface area contributed by atoms with Gasteiger partial charge in [-0.05, 0) is 49.7 Å². The third kappa shape index (κ3) is 5.29. The number of aromatic nitrogens is 3. The molecule has 0 unspecified atom stereocenters. The van der Waals surface area contributed by atoms with Crippen LogP contribution in [0.2, 0.25) is 10.0 Å². The molecule has 2 aromatic carbocycles. The maximum atomic E-state index is 6.26. The normalized spacial score (nSPS) is 11.3. The maximum Gasteiger partial charge on any atom is 0.212 e. The third-order valence-corrected chi connectivity index (χ3v) is 5.77. The fourth-order valence-electron chi connectivity index (χ4n) is 2.37. The Bertz CT molecular complexity index is 1010. The first-order chi connectivity index (χ1) is 13.5. The van der Waals surface area contributed by atoms with Gasteiger partial charge in [-0.3, -0.25) is 0 Å². The van der Waals surface area contributed by atoms with Crippen LogP contribution in [0.4, 0.5) is 0 Å². The molecule has 0 bridgehead atoms. The van der Waals surface area contributed by atoms with Crippen molar-refractivity contribution in [3.8, 4) is 5.75 Å². The van der Waals surface area contributed by atoms with Gasteiger partial charge in [0.25, 0.3) is 0 Å². The minimum atomic E-state index is 0.580. The van der Waals surface area contributed by atoms with Gasteiger partial charge in [-0.15, -0.1) is 10.2 Å². The van der Waals surface area contributed by atoms with Crippen molar-refractivity contribution in [2.45, 2.75) is 24.8 Å². The summed E-state index contributed by atoms with van der Waals surface area (Å²) in [6.07, 6.45) is 1.74. The van der Waals surface area contributed by atoms with E-state index in [9.17, 15) is 0 Å². The van der Waals surface area contributed by atoms with Crippen molar-refractivity contribution in [1.82, 2.24) is 14.9 Å². The zero-order chi connectivity index (χ0) is 20.1. The highest BCUT2D eigenvalue weighted by Gasteiger charge is 2.11. The molecule has 0 aliphatic rings. The lowest BCUT2D eigenvalue weighted by Gasteiger charge is -2.08. The Balaban J connectivity index is 1.81. The molecule has 0 radical (unpaired) electrons. The molecule has 0 fully saturated rings. The van der Waals surface area contributed by atoms with Gasteiger partial charge in [0.1, 0.15) is 5.75 Å². The summed E-state index contributed by atoms with van der Waals surface area (Å²) >= 11 is 17.2. The lowest BCUT2D eigenvalue weighted by atomic mass is 10.2. The monoisotopic (exact) mass is 498 g/mol. The highest BCUT2D eigenvalue weighted by atomic mass is 79.9. The van der Waals surface area contributed by atoms with Gasteiger partial charge in [-0.1, -0.05) is 57.0 Å². The van der Waals surface area contributed by atoms with Crippen LogP contribution in [-0.4, -0.2) is 27.7 Å². The summed E-state index contributed by atoms with van der Waals surface area (Å²) in [7, 11) is 0. The summed E-state index contributed by atoms with van der Waals surface area (Å²) in [4.78, 5) is 0. The van der Waals surface area contributed by atoms with E-state index in [4.69, 9.17) is 27.9 Å². The van der Waals surface area contributed by atoms with Gasteiger partial charge in [0.15, 0.2) is 5.82 Å². The quantitative estimate of drug-likeness (QED) is 0.285. The lowest BCUT2D eigenvalue weighted by Crippen LogP contribution is -1.99. The van der Waals surface area contributed by atoms with Crippen LogP contribution in [0, 0.1) is 6.92 Å². The van der Waals surface area contributed by atoms with E-state index in [1.54, 1.807) is 17.0 Å². The second kappa shape index (κ2) is 9.78. The molecule has 0 aliphatic carbocycles. The second-order valence-corrected chi connectivity index (χ2v) is 8.43. The standard InChI is InChI=1S/C19H17BrCl2N4OS/c1-3-27-18-7-5-15(20)8-14(18)10-23-26-12(2)24-25-19(26)28-11-13-4-6-16(21)9-17(13)22/h4-10H,3,11H2,1-2H3/b23-10+. The molecule has 1 heterocycles. The fraction of sp³-hybridized carbons (Fsp3) is 0.211. The molecule has 0 saturated carbocycles. The second-order valence-electron chi connectivity index (χ2n) is 5.73. The zero-order valence-corrected chi connectivity index (χ0v) is 19.1. The van der Waals surface area contributed by atoms with E-state index in [2.05, 4.69) is 31.2 Å². The first kappa shape index (κ1) is 21.2. The van der Waals surface area contributed by atoms with Gasteiger partial charge in [0.05, 0.1) is 12.8 Å². The number of ether oxygens (including phenoxy) is 1. The van der Waals surface area contributed by atoms with Crippen LogP contribution >= 0.6 is 50.9 Å². The summed E-state index contributed by atoms with van der Waals surface area (Å²) < 4.78 is 8.32. The van der Waals surface area contributed by atoms with Crippen LogP contribution < -0.4 is 4.74 Å². The van der Waals surface area contributed by atoms with Crippen molar-refractivity contribution in [2.75, 3.05) is 6.61 Å². The Morgan fingerprint density at radius 3 is 2.79 bits per heavy atom. The van der Waals surface area contributed by atoms with Gasteiger partial charge in [0.2, 0.25) is 5.16 Å². The lowest BCUT2D eigenvalue weighted by molar-refractivity contribution is 0.339. The van der Waals surface area contributed by atoms with E-state index in [1.165, 1.54) is 11.8 Å². The highest BCUT2D eigenvalue weighted by Crippen LogP contribution is 2.28. The Kier molecular flexibility index (Phi) is 7.40. The average molecular weight is 500 g/mol. The first-order valence-electron chi connectivity index (χ1n) is 8.43. The van der Waals surface area contributed by atoms with Gasteiger partial charge in [-0.2, -0.15) is 9.78 Å². The van der Waals surface area contributed by atoms with Crippen molar-refractivity contribution < 1.29 is 4.74 Å². The molecule has 0 saturated heterocycles. The molecular weight excluding hydrogens is 483 g/mol. The Labute approximate surface area is 186 Å². The van der Waals surface area contributed by atoms with Gasteiger partial charge in [0, 0.05) is 25.8 Å². The van der Waals surface area contributed by atoms with E-state index >= 15 is 0 Å². The van der Waals surface area contributed by atoms with Crippen molar-refractivity contribution in [3.05, 3.63) is 67.9 Å². The summed E-state index contributed by atoms with van der Waals surface area (Å²) in [5.74, 6) is 2.08. The molecule has 146 valence electrons. The van der Waals surface area contributed by atoms with Gasteiger partial charge < -0.3 is 4.74 Å². The maximum absolute atomic E-state index is 6.26. The number of aryl methyl sites for hydroxylation is 1. The molecular formula is C19H17BrCl2N4OS. The Morgan fingerprint density at radius 1 is 1.21 bits per heavy atom. The zero-order valence-electron chi connectivity index (χ0n) is 15.2. The van der Waals surface area contributed by atoms with E-state index in [1.807, 2.05) is 44.2 Å². The fourth-order valence-corrected chi connectivity index (χ4v) is 4.24.